The first-order chi connectivity index (χ1) is 13.2. The van der Waals surface area contributed by atoms with E-state index < -0.39 is 10.0 Å². The minimum Gasteiger partial charge on any atom is -0.357 e. The van der Waals surface area contributed by atoms with E-state index >= 15 is 0 Å². The molecule has 0 saturated heterocycles. The molecule has 0 unspecified atom stereocenters. The van der Waals surface area contributed by atoms with Gasteiger partial charge in [0, 0.05) is 27.2 Å². The fourth-order valence-corrected chi connectivity index (χ4v) is 3.32. The molecule has 160 valence electrons. The van der Waals surface area contributed by atoms with Gasteiger partial charge >= 0.3 is 0 Å². The van der Waals surface area contributed by atoms with E-state index in [1.807, 2.05) is 13.0 Å². The summed E-state index contributed by atoms with van der Waals surface area (Å²) >= 11 is 0. The maximum absolute atomic E-state index is 13.7. The SMILES string of the molecule is CCNC(=NCc1ccc(C)c(F)c1)NCc1ccc(S(=O)(=O)N(C)C)cc1.I. The van der Waals surface area contributed by atoms with Crippen molar-refractivity contribution in [2.45, 2.75) is 31.8 Å². The van der Waals surface area contributed by atoms with Crippen LogP contribution in [-0.4, -0.2) is 39.3 Å². The highest BCUT2D eigenvalue weighted by atomic mass is 127. The van der Waals surface area contributed by atoms with Crippen molar-refractivity contribution in [2.24, 2.45) is 4.99 Å². The lowest BCUT2D eigenvalue weighted by molar-refractivity contribution is 0.520. The summed E-state index contributed by atoms with van der Waals surface area (Å²) in [6.07, 6.45) is 0. The lowest BCUT2D eigenvalue weighted by atomic mass is 10.1. The zero-order valence-corrected chi connectivity index (χ0v) is 20.2. The summed E-state index contributed by atoms with van der Waals surface area (Å²) in [6, 6.07) is 11.8. The van der Waals surface area contributed by atoms with Crippen LogP contribution < -0.4 is 10.6 Å². The Kier molecular flexibility index (Phi) is 10.0. The van der Waals surface area contributed by atoms with Crippen molar-refractivity contribution in [3.05, 3.63) is 65.0 Å². The Bertz CT molecular complexity index is 932. The Hall–Kier alpha value is -1.72. The van der Waals surface area contributed by atoms with Crippen molar-refractivity contribution in [3.63, 3.8) is 0 Å². The maximum atomic E-state index is 13.7. The summed E-state index contributed by atoms with van der Waals surface area (Å²) in [5.74, 6) is 0.367. The Labute approximate surface area is 189 Å². The van der Waals surface area contributed by atoms with Crippen LogP contribution in [0.4, 0.5) is 4.39 Å². The first kappa shape index (κ1) is 25.3. The van der Waals surface area contributed by atoms with Gasteiger partial charge in [0.15, 0.2) is 5.96 Å². The Morgan fingerprint density at radius 3 is 2.24 bits per heavy atom. The second-order valence-electron chi connectivity index (χ2n) is 6.56. The van der Waals surface area contributed by atoms with Gasteiger partial charge < -0.3 is 10.6 Å². The number of halogens is 2. The quantitative estimate of drug-likeness (QED) is 0.325. The molecule has 0 saturated carbocycles. The fraction of sp³-hybridized carbons (Fsp3) is 0.350. The van der Waals surface area contributed by atoms with Crippen LogP contribution in [0.2, 0.25) is 0 Å². The third kappa shape index (κ3) is 7.23. The number of hydrogen-bond acceptors (Lipinski definition) is 3. The molecule has 0 aliphatic heterocycles. The fourth-order valence-electron chi connectivity index (χ4n) is 2.42. The molecule has 2 rings (SSSR count). The van der Waals surface area contributed by atoms with Crippen LogP contribution in [0.15, 0.2) is 52.4 Å². The van der Waals surface area contributed by atoms with E-state index in [1.54, 1.807) is 37.3 Å². The molecule has 29 heavy (non-hydrogen) atoms. The normalized spacial score (nSPS) is 11.9. The second kappa shape index (κ2) is 11.5. The van der Waals surface area contributed by atoms with E-state index in [-0.39, 0.29) is 34.7 Å². The van der Waals surface area contributed by atoms with Crippen molar-refractivity contribution in [2.75, 3.05) is 20.6 Å². The molecular weight excluding hydrogens is 506 g/mol. The van der Waals surface area contributed by atoms with Gasteiger partial charge in [-0.2, -0.15) is 0 Å². The molecule has 0 aromatic heterocycles. The van der Waals surface area contributed by atoms with E-state index in [9.17, 15) is 12.8 Å². The van der Waals surface area contributed by atoms with Gasteiger partial charge in [0.1, 0.15) is 5.82 Å². The molecule has 2 aromatic rings. The lowest BCUT2D eigenvalue weighted by Crippen LogP contribution is -2.36. The van der Waals surface area contributed by atoms with Gasteiger partial charge in [-0.05, 0) is 48.7 Å². The number of sulfonamides is 1. The molecule has 0 fully saturated rings. The average Bonchev–Trinajstić information content (AvgIpc) is 2.67. The molecule has 0 heterocycles. The maximum Gasteiger partial charge on any atom is 0.242 e. The van der Waals surface area contributed by atoms with Crippen LogP contribution in [0.25, 0.3) is 0 Å². The highest BCUT2D eigenvalue weighted by Gasteiger charge is 2.16. The van der Waals surface area contributed by atoms with Gasteiger partial charge in [-0.15, -0.1) is 24.0 Å². The Balaban J connectivity index is 0.00000420. The summed E-state index contributed by atoms with van der Waals surface area (Å²) < 4.78 is 39.1. The van der Waals surface area contributed by atoms with E-state index in [4.69, 9.17) is 0 Å². The van der Waals surface area contributed by atoms with Crippen LogP contribution in [0, 0.1) is 12.7 Å². The first-order valence-corrected chi connectivity index (χ1v) is 10.5. The molecule has 0 aliphatic rings. The first-order valence-electron chi connectivity index (χ1n) is 9.02. The molecule has 0 bridgehead atoms. The Morgan fingerprint density at radius 1 is 1.07 bits per heavy atom. The van der Waals surface area contributed by atoms with Gasteiger partial charge in [-0.1, -0.05) is 24.3 Å². The van der Waals surface area contributed by atoms with E-state index in [0.29, 0.717) is 31.2 Å². The van der Waals surface area contributed by atoms with Crippen LogP contribution in [0.3, 0.4) is 0 Å². The second-order valence-corrected chi connectivity index (χ2v) is 8.72. The minimum atomic E-state index is -3.43. The molecule has 0 atom stereocenters. The smallest absolute Gasteiger partial charge is 0.242 e. The van der Waals surface area contributed by atoms with Gasteiger partial charge in [0.2, 0.25) is 10.0 Å². The Morgan fingerprint density at radius 2 is 1.69 bits per heavy atom. The summed E-state index contributed by atoms with van der Waals surface area (Å²) in [6.45, 7) is 5.21. The summed E-state index contributed by atoms with van der Waals surface area (Å²) in [5.41, 5.74) is 2.32. The number of benzene rings is 2. The van der Waals surface area contributed by atoms with Gasteiger partial charge in [0.05, 0.1) is 11.4 Å². The van der Waals surface area contributed by atoms with Crippen molar-refractivity contribution in [1.29, 1.82) is 0 Å². The number of nitrogens with one attached hydrogen (secondary N) is 2. The number of nitrogens with zero attached hydrogens (tertiary/aromatic N) is 2. The van der Waals surface area contributed by atoms with E-state index in [0.717, 1.165) is 11.1 Å². The zero-order valence-electron chi connectivity index (χ0n) is 17.1. The summed E-state index contributed by atoms with van der Waals surface area (Å²) in [7, 11) is -0.426. The van der Waals surface area contributed by atoms with Crippen LogP contribution in [0.5, 0.6) is 0 Å². The molecule has 0 aliphatic carbocycles. The number of guanidine groups is 1. The number of hydrogen-bond donors (Lipinski definition) is 2. The van der Waals surface area contributed by atoms with Gasteiger partial charge in [-0.25, -0.2) is 22.1 Å². The number of rotatable bonds is 7. The lowest BCUT2D eigenvalue weighted by Gasteiger charge is -2.13. The highest BCUT2D eigenvalue weighted by Crippen LogP contribution is 2.14. The highest BCUT2D eigenvalue weighted by molar-refractivity contribution is 14.0. The predicted octanol–water partition coefficient (Wildman–Crippen LogP) is 3.26. The van der Waals surface area contributed by atoms with Crippen molar-refractivity contribution < 1.29 is 12.8 Å². The minimum absolute atomic E-state index is 0. The number of aliphatic imine (C=N–C) groups is 1. The molecule has 2 aromatic carbocycles. The topological polar surface area (TPSA) is 73.8 Å². The molecule has 2 N–H and O–H groups in total. The van der Waals surface area contributed by atoms with Crippen molar-refractivity contribution in [1.82, 2.24) is 14.9 Å². The molecule has 0 radical (unpaired) electrons. The van der Waals surface area contributed by atoms with Crippen LogP contribution in [-0.2, 0) is 23.1 Å². The molecule has 0 amide bonds. The standard InChI is InChI=1S/C20H27FN4O2S.HI/c1-5-22-20(24-14-17-7-6-15(2)19(21)12-17)23-13-16-8-10-18(11-9-16)28(26,27)25(3)4;/h6-12H,5,13-14H2,1-4H3,(H2,22,23,24);1H. The van der Waals surface area contributed by atoms with Crippen molar-refractivity contribution >= 4 is 40.0 Å². The van der Waals surface area contributed by atoms with Gasteiger partial charge in [0.25, 0.3) is 0 Å². The number of aryl methyl sites for hydroxylation is 1. The predicted molar refractivity (Wildman–Crippen MR) is 126 cm³/mol. The monoisotopic (exact) mass is 534 g/mol. The molecule has 9 heteroatoms. The largest absolute Gasteiger partial charge is 0.357 e. The molecular formula is C20H28FIN4O2S. The van der Waals surface area contributed by atoms with E-state index in [1.165, 1.54) is 24.5 Å². The van der Waals surface area contributed by atoms with Crippen LogP contribution >= 0.6 is 24.0 Å². The van der Waals surface area contributed by atoms with E-state index in [2.05, 4.69) is 15.6 Å². The zero-order chi connectivity index (χ0) is 20.7. The summed E-state index contributed by atoms with van der Waals surface area (Å²) in [4.78, 5) is 4.73. The third-order valence-corrected chi connectivity index (χ3v) is 5.99. The van der Waals surface area contributed by atoms with Crippen molar-refractivity contribution in [3.8, 4) is 0 Å². The third-order valence-electron chi connectivity index (χ3n) is 4.16. The van der Waals surface area contributed by atoms with Gasteiger partial charge in [-0.3, -0.25) is 0 Å². The average molecular weight is 534 g/mol. The van der Waals surface area contributed by atoms with Crippen LogP contribution in [0.1, 0.15) is 23.6 Å². The molecule has 0 spiro atoms. The molecule has 6 nitrogen and oxygen atoms in total. The summed E-state index contributed by atoms with van der Waals surface area (Å²) in [5, 5.41) is 6.34.